The summed E-state index contributed by atoms with van der Waals surface area (Å²) < 4.78 is 0. The van der Waals surface area contributed by atoms with Gasteiger partial charge in [-0.05, 0) is 29.3 Å². The number of benzene rings is 1. The second-order valence-corrected chi connectivity index (χ2v) is 3.79. The maximum absolute atomic E-state index is 11.0. The lowest BCUT2D eigenvalue weighted by Crippen LogP contribution is -2.03. The molecular formula is C12H9ClN2O2. The second kappa shape index (κ2) is 4.93. The summed E-state index contributed by atoms with van der Waals surface area (Å²) in [6.07, 6.45) is 1.97. The monoisotopic (exact) mass is 248 g/mol. The molecule has 0 saturated heterocycles. The highest BCUT2D eigenvalue weighted by atomic mass is 35.5. The van der Waals surface area contributed by atoms with Crippen LogP contribution in [0, 0.1) is 0 Å². The molecule has 4 nitrogen and oxygen atoms in total. The van der Waals surface area contributed by atoms with Crippen molar-refractivity contribution in [2.24, 2.45) is 0 Å². The quantitative estimate of drug-likeness (QED) is 0.848. The lowest BCUT2D eigenvalue weighted by molar-refractivity contribution is 0.0696. The van der Waals surface area contributed by atoms with Crippen LogP contribution in [0.15, 0.2) is 36.5 Å². The van der Waals surface area contributed by atoms with E-state index in [1.165, 1.54) is 0 Å². The van der Waals surface area contributed by atoms with Crippen molar-refractivity contribution in [3.63, 3.8) is 0 Å². The van der Waals surface area contributed by atoms with Crippen LogP contribution < -0.4 is 0 Å². The Morgan fingerprint density at radius 2 is 2.06 bits per heavy atom. The predicted molar refractivity (Wildman–Crippen MR) is 63.2 cm³/mol. The molecule has 0 amide bonds. The summed E-state index contributed by atoms with van der Waals surface area (Å²) in [5.74, 6) is -0.944. The number of carbonyl (C=O) groups is 1. The van der Waals surface area contributed by atoms with E-state index in [9.17, 15) is 4.79 Å². The molecule has 0 aliphatic heterocycles. The minimum atomic E-state index is -0.944. The third kappa shape index (κ3) is 2.79. The van der Waals surface area contributed by atoms with Crippen LogP contribution in [0.25, 0.3) is 0 Å². The van der Waals surface area contributed by atoms with E-state index in [4.69, 9.17) is 16.7 Å². The highest BCUT2D eigenvalue weighted by molar-refractivity contribution is 6.28. The molecule has 1 aromatic carbocycles. The largest absolute Gasteiger partial charge is 0.478 e. The van der Waals surface area contributed by atoms with Crippen molar-refractivity contribution in [1.82, 2.24) is 9.97 Å². The van der Waals surface area contributed by atoms with E-state index in [0.717, 1.165) is 0 Å². The molecule has 2 rings (SSSR count). The number of nitrogens with zero attached hydrogens (tertiary/aromatic N) is 2. The SMILES string of the molecule is O=C(O)c1ccccc1Cc1ccnc(Cl)n1. The molecule has 0 aliphatic rings. The zero-order chi connectivity index (χ0) is 12.3. The first-order chi connectivity index (χ1) is 8.16. The fourth-order valence-corrected chi connectivity index (χ4v) is 1.71. The van der Waals surface area contributed by atoms with Gasteiger partial charge in [0.2, 0.25) is 5.28 Å². The average Bonchev–Trinajstić information content (AvgIpc) is 2.29. The van der Waals surface area contributed by atoms with Gasteiger partial charge in [0.25, 0.3) is 0 Å². The second-order valence-electron chi connectivity index (χ2n) is 3.46. The number of aromatic nitrogens is 2. The van der Waals surface area contributed by atoms with E-state index in [2.05, 4.69) is 9.97 Å². The number of rotatable bonds is 3. The molecule has 1 heterocycles. The van der Waals surface area contributed by atoms with E-state index < -0.39 is 5.97 Å². The van der Waals surface area contributed by atoms with Gasteiger partial charge in [0.05, 0.1) is 5.56 Å². The van der Waals surface area contributed by atoms with Crippen molar-refractivity contribution in [3.05, 3.63) is 58.6 Å². The van der Waals surface area contributed by atoms with Gasteiger partial charge >= 0.3 is 5.97 Å². The average molecular weight is 249 g/mol. The van der Waals surface area contributed by atoms with E-state index in [1.807, 2.05) is 0 Å². The van der Waals surface area contributed by atoms with Crippen molar-refractivity contribution in [3.8, 4) is 0 Å². The minimum Gasteiger partial charge on any atom is -0.478 e. The zero-order valence-corrected chi connectivity index (χ0v) is 9.55. The molecule has 0 aliphatic carbocycles. The summed E-state index contributed by atoms with van der Waals surface area (Å²) in [6, 6.07) is 8.54. The molecule has 0 bridgehead atoms. The lowest BCUT2D eigenvalue weighted by Gasteiger charge is -2.05. The Morgan fingerprint density at radius 1 is 1.29 bits per heavy atom. The number of aromatic carboxylic acids is 1. The number of carboxylic acid groups (broad SMARTS) is 1. The molecule has 0 atom stereocenters. The van der Waals surface area contributed by atoms with E-state index in [1.54, 1.807) is 36.5 Å². The zero-order valence-electron chi connectivity index (χ0n) is 8.80. The van der Waals surface area contributed by atoms with Gasteiger partial charge in [0.1, 0.15) is 0 Å². The van der Waals surface area contributed by atoms with Crippen LogP contribution in [0.2, 0.25) is 5.28 Å². The van der Waals surface area contributed by atoms with Crippen LogP contribution in [0.5, 0.6) is 0 Å². The fourth-order valence-electron chi connectivity index (χ4n) is 1.55. The molecule has 0 saturated carbocycles. The molecule has 17 heavy (non-hydrogen) atoms. The molecule has 0 spiro atoms. The third-order valence-corrected chi connectivity index (χ3v) is 2.49. The van der Waals surface area contributed by atoms with E-state index >= 15 is 0 Å². The van der Waals surface area contributed by atoms with Crippen LogP contribution in [0.3, 0.4) is 0 Å². The molecule has 86 valence electrons. The topological polar surface area (TPSA) is 63.1 Å². The number of carboxylic acids is 1. The van der Waals surface area contributed by atoms with E-state index in [-0.39, 0.29) is 10.8 Å². The van der Waals surface area contributed by atoms with Gasteiger partial charge in [-0.2, -0.15) is 0 Å². The van der Waals surface area contributed by atoms with Gasteiger partial charge in [-0.1, -0.05) is 18.2 Å². The van der Waals surface area contributed by atoms with Crippen molar-refractivity contribution in [2.45, 2.75) is 6.42 Å². The normalized spacial score (nSPS) is 10.2. The highest BCUT2D eigenvalue weighted by Crippen LogP contribution is 2.13. The van der Waals surface area contributed by atoms with Gasteiger partial charge in [-0.25, -0.2) is 14.8 Å². The Bertz CT molecular complexity index is 558. The predicted octanol–water partition coefficient (Wildman–Crippen LogP) is 2.42. The molecule has 1 N–H and O–H groups in total. The van der Waals surface area contributed by atoms with Crippen LogP contribution in [0.4, 0.5) is 0 Å². The Balaban J connectivity index is 2.33. The third-order valence-electron chi connectivity index (χ3n) is 2.30. The first kappa shape index (κ1) is 11.5. The molecule has 0 radical (unpaired) electrons. The van der Waals surface area contributed by atoms with Crippen molar-refractivity contribution in [2.75, 3.05) is 0 Å². The molecule has 5 heteroatoms. The number of halogens is 1. The number of hydrogen-bond acceptors (Lipinski definition) is 3. The van der Waals surface area contributed by atoms with Crippen molar-refractivity contribution < 1.29 is 9.90 Å². The molecule has 1 aromatic heterocycles. The Labute approximate surface area is 103 Å². The summed E-state index contributed by atoms with van der Waals surface area (Å²) >= 11 is 5.67. The molecule has 0 fully saturated rings. The minimum absolute atomic E-state index is 0.162. The first-order valence-electron chi connectivity index (χ1n) is 4.95. The van der Waals surface area contributed by atoms with Crippen LogP contribution in [-0.2, 0) is 6.42 Å². The summed E-state index contributed by atoms with van der Waals surface area (Å²) in [6.45, 7) is 0. The summed E-state index contributed by atoms with van der Waals surface area (Å²) in [5, 5.41) is 9.20. The van der Waals surface area contributed by atoms with Gasteiger partial charge in [0, 0.05) is 18.3 Å². The van der Waals surface area contributed by atoms with Crippen molar-refractivity contribution in [1.29, 1.82) is 0 Å². The van der Waals surface area contributed by atoms with Gasteiger partial charge in [0.15, 0.2) is 0 Å². The van der Waals surface area contributed by atoms with Gasteiger partial charge in [-0.3, -0.25) is 0 Å². The highest BCUT2D eigenvalue weighted by Gasteiger charge is 2.10. The van der Waals surface area contributed by atoms with Gasteiger partial charge < -0.3 is 5.11 Å². The Morgan fingerprint density at radius 3 is 2.76 bits per heavy atom. The summed E-state index contributed by atoms with van der Waals surface area (Å²) in [4.78, 5) is 18.8. The van der Waals surface area contributed by atoms with Gasteiger partial charge in [-0.15, -0.1) is 0 Å². The van der Waals surface area contributed by atoms with E-state index in [0.29, 0.717) is 17.7 Å². The standard InChI is InChI=1S/C12H9ClN2O2/c13-12-14-6-5-9(15-12)7-8-3-1-2-4-10(8)11(16)17/h1-6H,7H2,(H,16,17). The Hall–Kier alpha value is -1.94. The maximum Gasteiger partial charge on any atom is 0.335 e. The summed E-state index contributed by atoms with van der Waals surface area (Å²) in [5.41, 5.74) is 1.68. The smallest absolute Gasteiger partial charge is 0.335 e. The first-order valence-corrected chi connectivity index (χ1v) is 5.33. The van der Waals surface area contributed by atoms with Crippen LogP contribution in [-0.4, -0.2) is 21.0 Å². The molecule has 2 aromatic rings. The van der Waals surface area contributed by atoms with Crippen molar-refractivity contribution >= 4 is 17.6 Å². The molecule has 0 unspecified atom stereocenters. The van der Waals surface area contributed by atoms with Crippen LogP contribution in [0.1, 0.15) is 21.6 Å². The number of hydrogen-bond donors (Lipinski definition) is 1. The lowest BCUT2D eigenvalue weighted by atomic mass is 10.0. The maximum atomic E-state index is 11.0. The Kier molecular flexibility index (Phi) is 3.35. The van der Waals surface area contributed by atoms with Crippen LogP contribution >= 0.6 is 11.6 Å². The fraction of sp³-hybridized carbons (Fsp3) is 0.0833. The summed E-state index contributed by atoms with van der Waals surface area (Å²) in [7, 11) is 0. The molecular weight excluding hydrogens is 240 g/mol.